The van der Waals surface area contributed by atoms with Crippen molar-refractivity contribution in [3.63, 3.8) is 0 Å². The van der Waals surface area contributed by atoms with Crippen LogP contribution in [0.5, 0.6) is 0 Å². The predicted octanol–water partition coefficient (Wildman–Crippen LogP) is 0.734. The Bertz CT molecular complexity index is 591. The molecule has 0 bridgehead atoms. The molecule has 1 amide bonds. The van der Waals surface area contributed by atoms with E-state index in [9.17, 15) is 4.79 Å². The van der Waals surface area contributed by atoms with Crippen LogP contribution in [0.3, 0.4) is 0 Å². The largest absolute Gasteiger partial charge is 0.348 e. The lowest BCUT2D eigenvalue weighted by Gasteiger charge is -2.16. The average molecular weight is 271 g/mol. The van der Waals surface area contributed by atoms with Crippen LogP contribution in [0, 0.1) is 5.92 Å². The van der Waals surface area contributed by atoms with Gasteiger partial charge in [0.1, 0.15) is 12.1 Å². The van der Waals surface area contributed by atoms with E-state index < -0.39 is 0 Å². The number of amides is 1. The van der Waals surface area contributed by atoms with E-state index in [1.54, 1.807) is 41.6 Å². The van der Waals surface area contributed by atoms with Crippen molar-refractivity contribution in [1.29, 1.82) is 0 Å². The van der Waals surface area contributed by atoms with Crippen LogP contribution in [-0.2, 0) is 0 Å². The third kappa shape index (κ3) is 2.70. The standard InChI is InChI=1S/C14H17N5O/c15-8-12(10-1-2-10)18-14(20)11-3-4-17-13(7-11)19-6-5-16-9-19/h3-7,9-10,12H,1-2,8,15H2,(H,18,20). The second kappa shape index (κ2) is 5.42. The number of nitrogens with two attached hydrogens (primary N) is 1. The average Bonchev–Trinajstić information content (AvgIpc) is 3.18. The molecule has 3 rings (SSSR count). The van der Waals surface area contributed by atoms with Gasteiger partial charge in [0.15, 0.2) is 0 Å². The molecule has 104 valence electrons. The zero-order chi connectivity index (χ0) is 13.9. The lowest BCUT2D eigenvalue weighted by atomic mass is 10.1. The molecule has 1 saturated carbocycles. The van der Waals surface area contributed by atoms with Crippen molar-refractivity contribution in [3.8, 4) is 5.82 Å². The molecule has 0 aromatic carbocycles. The maximum absolute atomic E-state index is 12.2. The van der Waals surface area contributed by atoms with Crippen molar-refractivity contribution in [2.75, 3.05) is 6.54 Å². The van der Waals surface area contributed by atoms with E-state index in [2.05, 4.69) is 15.3 Å². The third-order valence-electron chi connectivity index (χ3n) is 3.54. The molecule has 0 spiro atoms. The van der Waals surface area contributed by atoms with Crippen molar-refractivity contribution in [1.82, 2.24) is 19.9 Å². The summed E-state index contributed by atoms with van der Waals surface area (Å²) in [5.41, 5.74) is 6.29. The summed E-state index contributed by atoms with van der Waals surface area (Å²) in [5.74, 6) is 1.11. The van der Waals surface area contributed by atoms with Crippen LogP contribution in [0.2, 0.25) is 0 Å². The summed E-state index contributed by atoms with van der Waals surface area (Å²) < 4.78 is 1.76. The number of imidazole rings is 1. The van der Waals surface area contributed by atoms with Gasteiger partial charge in [0, 0.05) is 36.7 Å². The second-order valence-electron chi connectivity index (χ2n) is 5.03. The molecule has 6 heteroatoms. The van der Waals surface area contributed by atoms with Gasteiger partial charge in [0.25, 0.3) is 5.91 Å². The summed E-state index contributed by atoms with van der Waals surface area (Å²) in [7, 11) is 0. The molecule has 2 aromatic heterocycles. The van der Waals surface area contributed by atoms with Crippen molar-refractivity contribution >= 4 is 5.91 Å². The van der Waals surface area contributed by atoms with E-state index in [0.29, 0.717) is 23.8 Å². The molecule has 20 heavy (non-hydrogen) atoms. The fourth-order valence-corrected chi connectivity index (χ4v) is 2.22. The van der Waals surface area contributed by atoms with Gasteiger partial charge in [-0.3, -0.25) is 9.36 Å². The Morgan fingerprint density at radius 3 is 3.00 bits per heavy atom. The van der Waals surface area contributed by atoms with E-state index in [-0.39, 0.29) is 11.9 Å². The fourth-order valence-electron chi connectivity index (χ4n) is 2.22. The first-order valence-corrected chi connectivity index (χ1v) is 6.73. The van der Waals surface area contributed by atoms with Gasteiger partial charge in [0.05, 0.1) is 0 Å². The van der Waals surface area contributed by atoms with Gasteiger partial charge in [-0.05, 0) is 30.9 Å². The van der Waals surface area contributed by atoms with Gasteiger partial charge in [-0.25, -0.2) is 9.97 Å². The maximum atomic E-state index is 12.2. The van der Waals surface area contributed by atoms with E-state index in [0.717, 1.165) is 12.8 Å². The maximum Gasteiger partial charge on any atom is 0.251 e. The molecule has 0 radical (unpaired) electrons. The van der Waals surface area contributed by atoms with Crippen molar-refractivity contribution < 1.29 is 4.79 Å². The molecule has 1 aliphatic carbocycles. The molecule has 6 nitrogen and oxygen atoms in total. The molecule has 1 fully saturated rings. The molecule has 0 saturated heterocycles. The zero-order valence-electron chi connectivity index (χ0n) is 11.1. The molecular formula is C14H17N5O. The summed E-state index contributed by atoms with van der Waals surface area (Å²) in [6.07, 6.45) is 9.04. The third-order valence-corrected chi connectivity index (χ3v) is 3.54. The molecule has 1 aliphatic rings. The summed E-state index contributed by atoms with van der Waals surface area (Å²) in [5, 5.41) is 3.00. The predicted molar refractivity (Wildman–Crippen MR) is 74.4 cm³/mol. The Kier molecular flexibility index (Phi) is 3.47. The topological polar surface area (TPSA) is 85.8 Å². The summed E-state index contributed by atoms with van der Waals surface area (Å²) in [6.45, 7) is 0.482. The van der Waals surface area contributed by atoms with Crippen LogP contribution < -0.4 is 11.1 Å². The molecule has 1 unspecified atom stereocenters. The summed E-state index contributed by atoms with van der Waals surface area (Å²) >= 11 is 0. The van der Waals surface area contributed by atoms with Crippen molar-refractivity contribution in [2.45, 2.75) is 18.9 Å². The molecule has 2 aromatic rings. The summed E-state index contributed by atoms with van der Waals surface area (Å²) in [4.78, 5) is 20.5. The van der Waals surface area contributed by atoms with Gasteiger partial charge < -0.3 is 11.1 Å². The van der Waals surface area contributed by atoms with Crippen LogP contribution in [0.1, 0.15) is 23.2 Å². The van der Waals surface area contributed by atoms with Crippen LogP contribution >= 0.6 is 0 Å². The number of nitrogens with zero attached hydrogens (tertiary/aromatic N) is 3. The van der Waals surface area contributed by atoms with E-state index in [4.69, 9.17) is 5.73 Å². The first-order valence-electron chi connectivity index (χ1n) is 6.73. The molecule has 2 heterocycles. The minimum Gasteiger partial charge on any atom is -0.348 e. The van der Waals surface area contributed by atoms with Gasteiger partial charge in [-0.15, -0.1) is 0 Å². The number of hydrogen-bond acceptors (Lipinski definition) is 4. The number of pyridine rings is 1. The molecule has 0 aliphatic heterocycles. The van der Waals surface area contributed by atoms with Crippen LogP contribution in [0.4, 0.5) is 0 Å². The first-order chi connectivity index (χ1) is 9.78. The highest BCUT2D eigenvalue weighted by Crippen LogP contribution is 2.32. The number of hydrogen-bond donors (Lipinski definition) is 2. The number of rotatable bonds is 5. The molecule has 3 N–H and O–H groups in total. The Balaban J connectivity index is 1.76. The lowest BCUT2D eigenvalue weighted by molar-refractivity contribution is 0.0933. The van der Waals surface area contributed by atoms with E-state index in [1.165, 1.54) is 0 Å². The zero-order valence-corrected chi connectivity index (χ0v) is 11.1. The second-order valence-corrected chi connectivity index (χ2v) is 5.03. The van der Waals surface area contributed by atoms with Gasteiger partial charge in [-0.1, -0.05) is 0 Å². The Hall–Kier alpha value is -2.21. The van der Waals surface area contributed by atoms with Crippen molar-refractivity contribution in [3.05, 3.63) is 42.6 Å². The van der Waals surface area contributed by atoms with Gasteiger partial charge in [-0.2, -0.15) is 0 Å². The molecular weight excluding hydrogens is 254 g/mol. The quantitative estimate of drug-likeness (QED) is 0.839. The molecule has 1 atom stereocenters. The number of carbonyl (C=O) groups is 1. The number of aromatic nitrogens is 3. The number of carbonyl (C=O) groups excluding carboxylic acids is 1. The highest BCUT2D eigenvalue weighted by molar-refractivity contribution is 5.94. The minimum atomic E-state index is -0.101. The van der Waals surface area contributed by atoms with Crippen LogP contribution in [-0.4, -0.2) is 33.0 Å². The highest BCUT2D eigenvalue weighted by Gasteiger charge is 2.31. The SMILES string of the molecule is NCC(NC(=O)c1ccnc(-n2ccnc2)c1)C1CC1. The van der Waals surface area contributed by atoms with Gasteiger partial charge >= 0.3 is 0 Å². The highest BCUT2D eigenvalue weighted by atomic mass is 16.1. The van der Waals surface area contributed by atoms with Crippen molar-refractivity contribution in [2.24, 2.45) is 11.7 Å². The Labute approximate surface area is 117 Å². The minimum absolute atomic E-state index is 0.0763. The van der Waals surface area contributed by atoms with E-state index in [1.807, 2.05) is 0 Å². The fraction of sp³-hybridized carbons (Fsp3) is 0.357. The van der Waals surface area contributed by atoms with Crippen LogP contribution in [0.25, 0.3) is 5.82 Å². The monoisotopic (exact) mass is 271 g/mol. The summed E-state index contributed by atoms with van der Waals surface area (Å²) in [6, 6.07) is 3.53. The normalized spacial score (nSPS) is 15.8. The van der Waals surface area contributed by atoms with Crippen LogP contribution in [0.15, 0.2) is 37.1 Å². The Morgan fingerprint density at radius 1 is 1.50 bits per heavy atom. The van der Waals surface area contributed by atoms with Gasteiger partial charge in [0.2, 0.25) is 0 Å². The number of nitrogens with one attached hydrogen (secondary N) is 1. The first kappa shape index (κ1) is 12.8. The Morgan fingerprint density at radius 2 is 2.35 bits per heavy atom. The van der Waals surface area contributed by atoms with E-state index >= 15 is 0 Å². The lowest BCUT2D eigenvalue weighted by Crippen LogP contribution is -2.41. The smallest absolute Gasteiger partial charge is 0.251 e.